The van der Waals surface area contributed by atoms with Crippen molar-refractivity contribution >= 4 is 23.1 Å². The SMILES string of the molecule is COc1ccc(Nc2ccc(C(=O)Nc3ccc4c(c3)OCO4)nn2)c(OC)c1. The first-order chi connectivity index (χ1) is 14.2. The summed E-state index contributed by atoms with van der Waals surface area (Å²) in [6.07, 6.45) is 0. The number of carbonyl (C=O) groups is 1. The van der Waals surface area contributed by atoms with E-state index in [0.29, 0.717) is 40.2 Å². The summed E-state index contributed by atoms with van der Waals surface area (Å²) in [6, 6.07) is 13.7. The minimum Gasteiger partial charge on any atom is -0.497 e. The molecule has 4 rings (SSSR count). The molecule has 9 nitrogen and oxygen atoms in total. The zero-order valence-corrected chi connectivity index (χ0v) is 15.8. The highest BCUT2D eigenvalue weighted by Gasteiger charge is 2.15. The quantitative estimate of drug-likeness (QED) is 0.657. The largest absolute Gasteiger partial charge is 0.497 e. The Balaban J connectivity index is 1.44. The third-order valence-electron chi connectivity index (χ3n) is 4.20. The van der Waals surface area contributed by atoms with E-state index in [0.717, 1.165) is 0 Å². The summed E-state index contributed by atoms with van der Waals surface area (Å²) in [7, 11) is 3.15. The number of nitrogens with zero attached hydrogens (tertiary/aromatic N) is 2. The highest BCUT2D eigenvalue weighted by Crippen LogP contribution is 2.34. The number of anilines is 3. The van der Waals surface area contributed by atoms with Gasteiger partial charge in [-0.25, -0.2) is 0 Å². The van der Waals surface area contributed by atoms with Crippen LogP contribution in [-0.2, 0) is 0 Å². The smallest absolute Gasteiger partial charge is 0.276 e. The molecular formula is C20H18N4O5. The summed E-state index contributed by atoms with van der Waals surface area (Å²) in [4.78, 5) is 12.4. The topological polar surface area (TPSA) is 104 Å². The first-order valence-electron chi connectivity index (χ1n) is 8.70. The number of methoxy groups -OCH3 is 2. The number of amides is 1. The number of benzene rings is 2. The van der Waals surface area contributed by atoms with Crippen molar-refractivity contribution in [2.24, 2.45) is 0 Å². The van der Waals surface area contributed by atoms with Crippen LogP contribution in [0.2, 0.25) is 0 Å². The summed E-state index contributed by atoms with van der Waals surface area (Å²) in [5.74, 6) is 2.58. The summed E-state index contributed by atoms with van der Waals surface area (Å²) in [5, 5.41) is 13.9. The second-order valence-corrected chi connectivity index (χ2v) is 6.02. The van der Waals surface area contributed by atoms with E-state index >= 15 is 0 Å². The average Bonchev–Trinajstić information content (AvgIpc) is 3.22. The van der Waals surface area contributed by atoms with Gasteiger partial charge >= 0.3 is 0 Å². The number of rotatable bonds is 6. The van der Waals surface area contributed by atoms with Crippen LogP contribution in [0.4, 0.5) is 17.2 Å². The van der Waals surface area contributed by atoms with Gasteiger partial charge in [0, 0.05) is 17.8 Å². The molecule has 148 valence electrons. The second-order valence-electron chi connectivity index (χ2n) is 6.02. The molecule has 0 saturated heterocycles. The van der Waals surface area contributed by atoms with Crippen molar-refractivity contribution in [3.8, 4) is 23.0 Å². The van der Waals surface area contributed by atoms with Gasteiger partial charge in [-0.1, -0.05) is 0 Å². The Morgan fingerprint density at radius 3 is 2.59 bits per heavy atom. The third kappa shape index (κ3) is 3.98. The van der Waals surface area contributed by atoms with E-state index in [2.05, 4.69) is 20.8 Å². The molecule has 3 aromatic rings. The summed E-state index contributed by atoms with van der Waals surface area (Å²) < 4.78 is 21.1. The van der Waals surface area contributed by atoms with Gasteiger partial charge in [0.05, 0.1) is 19.9 Å². The van der Waals surface area contributed by atoms with E-state index in [4.69, 9.17) is 18.9 Å². The first kappa shape index (κ1) is 18.4. The molecule has 29 heavy (non-hydrogen) atoms. The number of hydrogen-bond acceptors (Lipinski definition) is 8. The van der Waals surface area contributed by atoms with Crippen molar-refractivity contribution in [1.82, 2.24) is 10.2 Å². The second kappa shape index (κ2) is 7.93. The minimum absolute atomic E-state index is 0.172. The van der Waals surface area contributed by atoms with Gasteiger partial charge in [-0.3, -0.25) is 4.79 Å². The zero-order valence-electron chi connectivity index (χ0n) is 15.8. The molecule has 2 N–H and O–H groups in total. The lowest BCUT2D eigenvalue weighted by atomic mass is 10.2. The predicted molar refractivity (Wildman–Crippen MR) is 105 cm³/mol. The van der Waals surface area contributed by atoms with Gasteiger partial charge in [0.25, 0.3) is 5.91 Å². The van der Waals surface area contributed by atoms with Crippen LogP contribution in [0.5, 0.6) is 23.0 Å². The predicted octanol–water partition coefficient (Wildman–Crippen LogP) is 3.22. The molecule has 2 heterocycles. The molecule has 0 spiro atoms. The Bertz CT molecular complexity index is 1040. The van der Waals surface area contributed by atoms with E-state index in [9.17, 15) is 4.79 Å². The van der Waals surface area contributed by atoms with Crippen LogP contribution in [0.3, 0.4) is 0 Å². The van der Waals surface area contributed by atoms with Gasteiger partial charge in [-0.15, -0.1) is 10.2 Å². The van der Waals surface area contributed by atoms with Crippen LogP contribution < -0.4 is 29.6 Å². The Morgan fingerprint density at radius 1 is 0.966 bits per heavy atom. The van der Waals surface area contributed by atoms with Gasteiger partial charge in [0.15, 0.2) is 23.0 Å². The van der Waals surface area contributed by atoms with Gasteiger partial charge in [-0.2, -0.15) is 0 Å². The van der Waals surface area contributed by atoms with Crippen molar-refractivity contribution in [2.45, 2.75) is 0 Å². The van der Waals surface area contributed by atoms with Crippen molar-refractivity contribution in [2.75, 3.05) is 31.6 Å². The summed E-state index contributed by atoms with van der Waals surface area (Å²) in [5.41, 5.74) is 1.45. The number of hydrogen-bond donors (Lipinski definition) is 2. The zero-order chi connectivity index (χ0) is 20.2. The Morgan fingerprint density at radius 2 is 1.83 bits per heavy atom. The van der Waals surface area contributed by atoms with E-state index in [1.807, 2.05) is 0 Å². The number of carbonyl (C=O) groups excluding carboxylic acids is 1. The molecule has 2 aromatic carbocycles. The lowest BCUT2D eigenvalue weighted by Gasteiger charge is -2.12. The van der Waals surface area contributed by atoms with E-state index in [-0.39, 0.29) is 18.4 Å². The Kier molecular flexibility index (Phi) is 5.02. The molecule has 0 unspecified atom stereocenters. The first-order valence-corrected chi connectivity index (χ1v) is 8.70. The number of aromatic nitrogens is 2. The molecule has 1 aliphatic rings. The minimum atomic E-state index is -0.384. The van der Waals surface area contributed by atoms with E-state index < -0.39 is 0 Å². The van der Waals surface area contributed by atoms with Crippen LogP contribution >= 0.6 is 0 Å². The number of nitrogens with one attached hydrogen (secondary N) is 2. The molecule has 0 aliphatic carbocycles. The fourth-order valence-electron chi connectivity index (χ4n) is 2.73. The Labute approximate surface area is 166 Å². The molecule has 1 aliphatic heterocycles. The van der Waals surface area contributed by atoms with Crippen molar-refractivity contribution in [3.05, 3.63) is 54.2 Å². The summed E-state index contributed by atoms with van der Waals surface area (Å²) in [6.45, 7) is 0.172. The lowest BCUT2D eigenvalue weighted by Crippen LogP contribution is -2.14. The lowest BCUT2D eigenvalue weighted by molar-refractivity contribution is 0.102. The normalized spacial score (nSPS) is 11.7. The summed E-state index contributed by atoms with van der Waals surface area (Å²) >= 11 is 0. The van der Waals surface area contributed by atoms with Crippen LogP contribution in [0.25, 0.3) is 0 Å². The maximum atomic E-state index is 12.4. The maximum Gasteiger partial charge on any atom is 0.276 e. The van der Waals surface area contributed by atoms with Crippen molar-refractivity contribution in [3.63, 3.8) is 0 Å². The molecular weight excluding hydrogens is 376 g/mol. The van der Waals surface area contributed by atoms with Gasteiger partial charge in [0.1, 0.15) is 11.5 Å². The molecule has 0 fully saturated rings. The van der Waals surface area contributed by atoms with Crippen molar-refractivity contribution < 1.29 is 23.7 Å². The number of ether oxygens (including phenoxy) is 4. The van der Waals surface area contributed by atoms with Crippen molar-refractivity contribution in [1.29, 1.82) is 0 Å². The highest BCUT2D eigenvalue weighted by atomic mass is 16.7. The average molecular weight is 394 g/mol. The maximum absolute atomic E-state index is 12.4. The molecule has 1 aromatic heterocycles. The fourth-order valence-corrected chi connectivity index (χ4v) is 2.73. The molecule has 0 saturated carbocycles. The van der Waals surface area contributed by atoms with Crippen LogP contribution in [0.1, 0.15) is 10.5 Å². The molecule has 0 radical (unpaired) electrons. The number of fused-ring (bicyclic) bond motifs is 1. The van der Waals surface area contributed by atoms with E-state index in [1.54, 1.807) is 62.8 Å². The third-order valence-corrected chi connectivity index (χ3v) is 4.20. The Hall–Kier alpha value is -4.01. The molecule has 9 heteroatoms. The van der Waals surface area contributed by atoms with Gasteiger partial charge in [0.2, 0.25) is 6.79 Å². The fraction of sp³-hybridized carbons (Fsp3) is 0.150. The van der Waals surface area contributed by atoms with Crippen LogP contribution in [0, 0.1) is 0 Å². The monoisotopic (exact) mass is 394 g/mol. The van der Waals surface area contributed by atoms with Crippen LogP contribution in [0.15, 0.2) is 48.5 Å². The molecule has 1 amide bonds. The molecule has 0 bridgehead atoms. The molecule has 0 atom stereocenters. The standard InChI is InChI=1S/C20H18N4O5/c1-26-13-4-5-14(17(10-13)27-2)22-19-8-6-15(23-24-19)20(25)21-12-3-7-16-18(9-12)29-11-28-16/h3-10H,11H2,1-2H3,(H,21,25)(H,22,24). The van der Waals surface area contributed by atoms with Gasteiger partial charge in [-0.05, 0) is 36.4 Å². The van der Waals surface area contributed by atoms with Gasteiger partial charge < -0.3 is 29.6 Å². The van der Waals surface area contributed by atoms with E-state index in [1.165, 1.54) is 0 Å². The highest BCUT2D eigenvalue weighted by molar-refractivity contribution is 6.03. The van der Waals surface area contributed by atoms with Crippen LogP contribution in [-0.4, -0.2) is 37.1 Å².